The van der Waals surface area contributed by atoms with E-state index in [2.05, 4.69) is 4.90 Å². The molecule has 0 aromatic heterocycles. The van der Waals surface area contributed by atoms with Gasteiger partial charge in [0.15, 0.2) is 0 Å². The molecule has 2 saturated heterocycles. The zero-order chi connectivity index (χ0) is 15.5. The summed E-state index contributed by atoms with van der Waals surface area (Å²) < 4.78 is 0. The van der Waals surface area contributed by atoms with Crippen LogP contribution in [0.2, 0.25) is 5.02 Å². The van der Waals surface area contributed by atoms with Crippen LogP contribution in [0.25, 0.3) is 0 Å². The maximum atomic E-state index is 12.3. The third-order valence-electron chi connectivity index (χ3n) is 3.96. The van der Waals surface area contributed by atoms with Crippen molar-refractivity contribution in [3.05, 3.63) is 29.3 Å². The largest absolute Gasteiger partial charge is 0.368 e. The molecule has 0 atom stereocenters. The summed E-state index contributed by atoms with van der Waals surface area (Å²) in [5, 5.41) is 0.723. The number of anilines is 1. The number of rotatable bonds is 3. The minimum atomic E-state index is 0.0431. The molecule has 0 N–H and O–H groups in total. The fraction of sp³-hybridized carbons (Fsp3) is 0.467. The Bertz CT molecular complexity index is 576. The molecule has 118 valence electrons. The maximum Gasteiger partial charge on any atom is 0.242 e. The van der Waals surface area contributed by atoms with Gasteiger partial charge in [0.2, 0.25) is 11.8 Å². The maximum absolute atomic E-state index is 12.3. The fourth-order valence-corrected chi connectivity index (χ4v) is 3.78. The van der Waals surface area contributed by atoms with Crippen molar-refractivity contribution in [3.8, 4) is 0 Å². The van der Waals surface area contributed by atoms with E-state index in [1.54, 1.807) is 16.7 Å². The average Bonchev–Trinajstić information content (AvgIpc) is 2.92. The summed E-state index contributed by atoms with van der Waals surface area (Å²) in [4.78, 5) is 29.6. The first-order chi connectivity index (χ1) is 10.6. The third-order valence-corrected chi connectivity index (χ3v) is 5.14. The Morgan fingerprint density at radius 2 is 2.00 bits per heavy atom. The van der Waals surface area contributed by atoms with Crippen LogP contribution < -0.4 is 4.90 Å². The van der Waals surface area contributed by atoms with E-state index in [0.717, 1.165) is 23.8 Å². The highest BCUT2D eigenvalue weighted by Gasteiger charge is 2.27. The van der Waals surface area contributed by atoms with E-state index >= 15 is 0 Å². The highest BCUT2D eigenvalue weighted by Crippen LogP contribution is 2.21. The monoisotopic (exact) mass is 339 g/mol. The Labute approximate surface area is 139 Å². The van der Waals surface area contributed by atoms with Crippen LogP contribution in [0, 0.1) is 0 Å². The van der Waals surface area contributed by atoms with E-state index in [-0.39, 0.29) is 18.4 Å². The van der Waals surface area contributed by atoms with Gasteiger partial charge in [0.1, 0.15) is 6.54 Å². The molecule has 0 unspecified atom stereocenters. The molecule has 0 bridgehead atoms. The van der Waals surface area contributed by atoms with Crippen LogP contribution in [-0.2, 0) is 9.59 Å². The topological polar surface area (TPSA) is 43.9 Å². The van der Waals surface area contributed by atoms with Gasteiger partial charge in [-0.3, -0.25) is 9.59 Å². The number of benzene rings is 1. The molecular weight excluding hydrogens is 322 g/mol. The quantitative estimate of drug-likeness (QED) is 0.837. The van der Waals surface area contributed by atoms with Crippen molar-refractivity contribution in [3.63, 3.8) is 0 Å². The Balaban J connectivity index is 1.53. The van der Waals surface area contributed by atoms with Crippen LogP contribution in [0.4, 0.5) is 5.69 Å². The Kier molecular flexibility index (Phi) is 4.78. The molecule has 0 radical (unpaired) electrons. The molecule has 2 aliphatic heterocycles. The third kappa shape index (κ3) is 3.50. The second kappa shape index (κ2) is 6.79. The lowest BCUT2D eigenvalue weighted by atomic mass is 10.2. The lowest BCUT2D eigenvalue weighted by Crippen LogP contribution is -2.51. The number of carbonyl (C=O) groups excluding carboxylic acids is 2. The van der Waals surface area contributed by atoms with Gasteiger partial charge >= 0.3 is 0 Å². The molecule has 5 nitrogen and oxygen atoms in total. The molecule has 0 aliphatic carbocycles. The van der Waals surface area contributed by atoms with Gasteiger partial charge < -0.3 is 14.7 Å². The lowest BCUT2D eigenvalue weighted by molar-refractivity contribution is -0.138. The fourth-order valence-electron chi connectivity index (χ4n) is 2.69. The second-order valence-corrected chi connectivity index (χ2v) is 6.81. The zero-order valence-electron chi connectivity index (χ0n) is 12.2. The number of halogens is 1. The molecule has 2 aliphatic rings. The normalized spacial score (nSPS) is 19.0. The minimum absolute atomic E-state index is 0.0431. The lowest BCUT2D eigenvalue weighted by Gasteiger charge is -2.36. The van der Waals surface area contributed by atoms with Crippen LogP contribution >= 0.6 is 23.4 Å². The summed E-state index contributed by atoms with van der Waals surface area (Å²) in [5.41, 5.74) is 1.09. The van der Waals surface area contributed by atoms with Crippen molar-refractivity contribution >= 4 is 40.9 Å². The number of nitrogens with zero attached hydrogens (tertiary/aromatic N) is 3. The van der Waals surface area contributed by atoms with Gasteiger partial charge in [0.25, 0.3) is 0 Å². The molecule has 1 aromatic carbocycles. The van der Waals surface area contributed by atoms with Crippen molar-refractivity contribution in [2.45, 2.75) is 0 Å². The predicted molar refractivity (Wildman–Crippen MR) is 89.3 cm³/mol. The van der Waals surface area contributed by atoms with Gasteiger partial charge in [-0.1, -0.05) is 17.7 Å². The average molecular weight is 340 g/mol. The molecule has 0 spiro atoms. The van der Waals surface area contributed by atoms with Gasteiger partial charge in [0.05, 0.1) is 11.6 Å². The summed E-state index contributed by atoms with van der Waals surface area (Å²) >= 11 is 7.58. The first kappa shape index (κ1) is 15.5. The van der Waals surface area contributed by atoms with Gasteiger partial charge in [0, 0.05) is 36.9 Å². The number of amides is 2. The SMILES string of the molecule is O=C(CN1CSCC1=O)N1CCN(c2cccc(Cl)c2)CC1. The summed E-state index contributed by atoms with van der Waals surface area (Å²) in [7, 11) is 0. The Morgan fingerprint density at radius 3 is 2.64 bits per heavy atom. The van der Waals surface area contributed by atoms with Gasteiger partial charge in [-0.2, -0.15) is 0 Å². The molecular formula is C15H18ClN3O2S. The molecule has 1 aromatic rings. The number of carbonyl (C=O) groups is 2. The van der Waals surface area contributed by atoms with Crippen molar-refractivity contribution in [1.29, 1.82) is 0 Å². The Morgan fingerprint density at radius 1 is 1.23 bits per heavy atom. The smallest absolute Gasteiger partial charge is 0.242 e. The predicted octanol–water partition coefficient (Wildman–Crippen LogP) is 1.52. The van der Waals surface area contributed by atoms with Crippen LogP contribution in [-0.4, -0.2) is 66.0 Å². The molecule has 2 amide bonds. The number of hydrogen-bond donors (Lipinski definition) is 0. The van der Waals surface area contributed by atoms with Gasteiger partial charge in [-0.05, 0) is 18.2 Å². The summed E-state index contributed by atoms with van der Waals surface area (Å²) in [6.45, 7) is 3.15. The van der Waals surface area contributed by atoms with Crippen molar-refractivity contribution in [2.24, 2.45) is 0 Å². The summed E-state index contributed by atoms with van der Waals surface area (Å²) in [5.74, 6) is 1.24. The summed E-state index contributed by atoms with van der Waals surface area (Å²) in [6.07, 6.45) is 0. The van der Waals surface area contributed by atoms with E-state index in [1.807, 2.05) is 29.2 Å². The van der Waals surface area contributed by atoms with Gasteiger partial charge in [-0.25, -0.2) is 0 Å². The molecule has 7 heteroatoms. The summed E-state index contributed by atoms with van der Waals surface area (Å²) in [6, 6.07) is 7.77. The van der Waals surface area contributed by atoms with E-state index in [9.17, 15) is 9.59 Å². The molecule has 3 rings (SSSR count). The van der Waals surface area contributed by atoms with E-state index in [0.29, 0.717) is 24.7 Å². The van der Waals surface area contributed by atoms with E-state index in [1.165, 1.54) is 0 Å². The first-order valence-corrected chi connectivity index (χ1v) is 8.80. The van der Waals surface area contributed by atoms with Crippen LogP contribution in [0.5, 0.6) is 0 Å². The molecule has 0 saturated carbocycles. The van der Waals surface area contributed by atoms with E-state index in [4.69, 9.17) is 11.6 Å². The zero-order valence-corrected chi connectivity index (χ0v) is 13.8. The van der Waals surface area contributed by atoms with E-state index < -0.39 is 0 Å². The minimum Gasteiger partial charge on any atom is -0.368 e. The van der Waals surface area contributed by atoms with Crippen molar-refractivity contribution in [2.75, 3.05) is 49.3 Å². The number of hydrogen-bond acceptors (Lipinski definition) is 4. The highest BCUT2D eigenvalue weighted by molar-refractivity contribution is 8.00. The van der Waals surface area contributed by atoms with Crippen molar-refractivity contribution in [1.82, 2.24) is 9.80 Å². The number of piperazine rings is 1. The molecule has 2 heterocycles. The van der Waals surface area contributed by atoms with Crippen LogP contribution in [0.3, 0.4) is 0 Å². The van der Waals surface area contributed by atoms with Crippen molar-refractivity contribution < 1.29 is 9.59 Å². The second-order valence-electron chi connectivity index (χ2n) is 5.42. The molecule has 2 fully saturated rings. The van der Waals surface area contributed by atoms with Gasteiger partial charge in [-0.15, -0.1) is 11.8 Å². The van der Waals surface area contributed by atoms with Crippen LogP contribution in [0.1, 0.15) is 0 Å². The standard InChI is InChI=1S/C15H18ClN3O2S/c16-12-2-1-3-13(8-12)17-4-6-18(7-5-17)14(20)9-19-11-22-10-15(19)21/h1-3,8H,4-7,9-11H2. The Hall–Kier alpha value is -1.40. The number of thioether (sulfide) groups is 1. The molecule has 22 heavy (non-hydrogen) atoms. The van der Waals surface area contributed by atoms with Crippen LogP contribution in [0.15, 0.2) is 24.3 Å². The highest BCUT2D eigenvalue weighted by atomic mass is 35.5. The first-order valence-electron chi connectivity index (χ1n) is 7.27.